The first-order valence-electron chi connectivity index (χ1n) is 4.19. The highest BCUT2D eigenvalue weighted by molar-refractivity contribution is 5.75. The van der Waals surface area contributed by atoms with E-state index in [0.717, 1.165) is 0 Å². The summed E-state index contributed by atoms with van der Waals surface area (Å²) in [7, 11) is 0. The van der Waals surface area contributed by atoms with E-state index in [4.69, 9.17) is 0 Å². The monoisotopic (exact) mass is 189 g/mol. The van der Waals surface area contributed by atoms with Crippen LogP contribution in [0.3, 0.4) is 0 Å². The van der Waals surface area contributed by atoms with Gasteiger partial charge >= 0.3 is 0 Å². The summed E-state index contributed by atoms with van der Waals surface area (Å²) in [6, 6.07) is 7.86. The van der Waals surface area contributed by atoms with Gasteiger partial charge in [0.2, 0.25) is 0 Å². The van der Waals surface area contributed by atoms with Gasteiger partial charge < -0.3 is 4.57 Å². The Morgan fingerprint density at radius 2 is 1.93 bits per heavy atom. The summed E-state index contributed by atoms with van der Waals surface area (Å²) in [6.45, 7) is 0. The molecule has 0 bridgehead atoms. The molecule has 2 rings (SSSR count). The molecule has 1 heterocycles. The largest absolute Gasteiger partial charge is 0.321 e. The van der Waals surface area contributed by atoms with Gasteiger partial charge in [0.15, 0.2) is 0 Å². The average Bonchev–Trinajstić information content (AvgIpc) is 2.71. The lowest BCUT2D eigenvalue weighted by Crippen LogP contribution is -1.95. The van der Waals surface area contributed by atoms with Gasteiger partial charge in [-0.05, 0) is 30.3 Å². The van der Waals surface area contributed by atoms with Crippen molar-refractivity contribution in [1.82, 2.24) is 4.57 Å². The number of aldehydes is 1. The quantitative estimate of drug-likeness (QED) is 0.665. The summed E-state index contributed by atoms with van der Waals surface area (Å²) in [4.78, 5) is 10.5. The van der Waals surface area contributed by atoms with Gasteiger partial charge in [-0.2, -0.15) is 0 Å². The molecule has 0 saturated heterocycles. The van der Waals surface area contributed by atoms with Crippen LogP contribution in [0.1, 0.15) is 10.4 Å². The Kier molecular flexibility index (Phi) is 2.14. The Labute approximate surface area is 80.6 Å². The second kappa shape index (κ2) is 3.46. The molecule has 1 aromatic heterocycles. The van der Waals surface area contributed by atoms with Crippen molar-refractivity contribution in [3.63, 3.8) is 0 Å². The Morgan fingerprint density at radius 1 is 1.21 bits per heavy atom. The molecule has 0 unspecified atom stereocenters. The Hall–Kier alpha value is -1.90. The van der Waals surface area contributed by atoms with Gasteiger partial charge in [0.25, 0.3) is 0 Å². The molecule has 0 saturated carbocycles. The third-order valence-corrected chi connectivity index (χ3v) is 1.99. The van der Waals surface area contributed by atoms with Gasteiger partial charge in [0.1, 0.15) is 12.1 Å². The normalized spacial score (nSPS) is 10.1. The van der Waals surface area contributed by atoms with E-state index < -0.39 is 0 Å². The van der Waals surface area contributed by atoms with Crippen LogP contribution in [0.4, 0.5) is 4.39 Å². The molecule has 0 aliphatic heterocycles. The number of halogens is 1. The maximum absolute atomic E-state index is 13.3. The maximum Gasteiger partial charge on any atom is 0.150 e. The molecule has 70 valence electrons. The number of benzene rings is 1. The molecule has 14 heavy (non-hydrogen) atoms. The molecule has 0 radical (unpaired) electrons. The summed E-state index contributed by atoms with van der Waals surface area (Å²) in [5.41, 5.74) is 0.856. The second-order valence-corrected chi connectivity index (χ2v) is 2.92. The number of carbonyl (C=O) groups is 1. The highest BCUT2D eigenvalue weighted by Gasteiger charge is 2.03. The fourth-order valence-corrected chi connectivity index (χ4v) is 1.30. The highest BCUT2D eigenvalue weighted by Crippen LogP contribution is 2.14. The van der Waals surface area contributed by atoms with Crippen LogP contribution in [-0.2, 0) is 0 Å². The zero-order chi connectivity index (χ0) is 9.97. The third-order valence-electron chi connectivity index (χ3n) is 1.99. The lowest BCUT2D eigenvalue weighted by Gasteiger charge is -2.04. The molecule has 1 aromatic carbocycles. The zero-order valence-electron chi connectivity index (χ0n) is 7.35. The minimum Gasteiger partial charge on any atom is -0.321 e. The van der Waals surface area contributed by atoms with Crippen LogP contribution >= 0.6 is 0 Å². The van der Waals surface area contributed by atoms with Gasteiger partial charge in [0, 0.05) is 18.0 Å². The summed E-state index contributed by atoms with van der Waals surface area (Å²) in [6.07, 6.45) is 4.16. The number of hydrogen-bond acceptors (Lipinski definition) is 1. The average molecular weight is 189 g/mol. The Morgan fingerprint density at radius 3 is 2.57 bits per heavy atom. The van der Waals surface area contributed by atoms with Gasteiger partial charge in [0.05, 0.1) is 5.69 Å². The van der Waals surface area contributed by atoms with E-state index in [0.29, 0.717) is 17.5 Å². The lowest BCUT2D eigenvalue weighted by molar-refractivity contribution is 0.112. The van der Waals surface area contributed by atoms with E-state index >= 15 is 0 Å². The molecule has 0 N–H and O–H groups in total. The first-order chi connectivity index (χ1) is 6.81. The van der Waals surface area contributed by atoms with Crippen molar-refractivity contribution in [2.75, 3.05) is 0 Å². The summed E-state index contributed by atoms with van der Waals surface area (Å²) < 4.78 is 15.0. The molecule has 0 aliphatic carbocycles. The second-order valence-electron chi connectivity index (χ2n) is 2.92. The lowest BCUT2D eigenvalue weighted by atomic mass is 10.2. The predicted molar refractivity (Wildman–Crippen MR) is 51.1 cm³/mol. The van der Waals surface area contributed by atoms with Gasteiger partial charge in [-0.15, -0.1) is 0 Å². The van der Waals surface area contributed by atoms with Gasteiger partial charge in [-0.3, -0.25) is 4.79 Å². The summed E-state index contributed by atoms with van der Waals surface area (Å²) in [5.74, 6) is -0.341. The number of nitrogens with zero attached hydrogens (tertiary/aromatic N) is 1. The zero-order valence-corrected chi connectivity index (χ0v) is 7.35. The van der Waals surface area contributed by atoms with Gasteiger partial charge in [-0.25, -0.2) is 4.39 Å². The number of carbonyl (C=O) groups excluding carboxylic acids is 1. The first kappa shape index (κ1) is 8.69. The summed E-state index contributed by atoms with van der Waals surface area (Å²) in [5, 5.41) is 0. The number of hydrogen-bond donors (Lipinski definition) is 0. The Balaban J connectivity index is 2.57. The minimum absolute atomic E-state index is 0.341. The van der Waals surface area contributed by atoms with E-state index in [1.54, 1.807) is 29.1 Å². The molecule has 0 amide bonds. The fourth-order valence-electron chi connectivity index (χ4n) is 1.30. The van der Waals surface area contributed by atoms with Crippen LogP contribution in [0.15, 0.2) is 42.7 Å². The standard InChI is InChI=1S/C11H8FNO/c12-10-4-3-9(8-14)7-11(10)13-5-1-2-6-13/h1-8H. The van der Waals surface area contributed by atoms with Crippen molar-refractivity contribution in [3.8, 4) is 5.69 Å². The molecule has 0 atom stereocenters. The molecule has 3 heteroatoms. The van der Waals surface area contributed by atoms with Crippen LogP contribution in [0.25, 0.3) is 5.69 Å². The molecule has 0 fully saturated rings. The molecule has 0 aliphatic rings. The topological polar surface area (TPSA) is 22.0 Å². The molecular formula is C11H8FNO. The van der Waals surface area contributed by atoms with E-state index in [1.165, 1.54) is 18.2 Å². The van der Waals surface area contributed by atoms with Crippen molar-refractivity contribution in [2.24, 2.45) is 0 Å². The fraction of sp³-hybridized carbons (Fsp3) is 0. The molecule has 0 spiro atoms. The van der Waals surface area contributed by atoms with Crippen LogP contribution in [0.5, 0.6) is 0 Å². The molecular weight excluding hydrogens is 181 g/mol. The van der Waals surface area contributed by atoms with Crippen molar-refractivity contribution >= 4 is 6.29 Å². The summed E-state index contributed by atoms with van der Waals surface area (Å²) >= 11 is 0. The predicted octanol–water partition coefficient (Wildman–Crippen LogP) is 2.43. The van der Waals surface area contributed by atoms with E-state index in [2.05, 4.69) is 0 Å². The van der Waals surface area contributed by atoms with Crippen LogP contribution in [-0.4, -0.2) is 10.9 Å². The van der Waals surface area contributed by atoms with E-state index in [1.807, 2.05) is 0 Å². The van der Waals surface area contributed by atoms with Gasteiger partial charge in [-0.1, -0.05) is 0 Å². The van der Waals surface area contributed by atoms with Crippen LogP contribution in [0.2, 0.25) is 0 Å². The van der Waals surface area contributed by atoms with E-state index in [-0.39, 0.29) is 5.82 Å². The Bertz CT molecular complexity index is 448. The third kappa shape index (κ3) is 1.44. The number of aromatic nitrogens is 1. The highest BCUT2D eigenvalue weighted by atomic mass is 19.1. The minimum atomic E-state index is -0.341. The maximum atomic E-state index is 13.3. The van der Waals surface area contributed by atoms with Crippen molar-refractivity contribution in [1.29, 1.82) is 0 Å². The molecule has 2 aromatic rings. The SMILES string of the molecule is O=Cc1ccc(F)c(-n2cccc2)c1. The van der Waals surface area contributed by atoms with Crippen molar-refractivity contribution in [2.45, 2.75) is 0 Å². The van der Waals surface area contributed by atoms with Crippen molar-refractivity contribution in [3.05, 3.63) is 54.1 Å². The first-order valence-corrected chi connectivity index (χ1v) is 4.19. The van der Waals surface area contributed by atoms with Crippen molar-refractivity contribution < 1.29 is 9.18 Å². The van der Waals surface area contributed by atoms with Crippen LogP contribution in [0, 0.1) is 5.82 Å². The molecule has 2 nitrogen and oxygen atoms in total. The van der Waals surface area contributed by atoms with Crippen LogP contribution < -0.4 is 0 Å². The van der Waals surface area contributed by atoms with E-state index in [9.17, 15) is 9.18 Å². The smallest absolute Gasteiger partial charge is 0.150 e. The number of rotatable bonds is 2.